The van der Waals surface area contributed by atoms with Crippen molar-refractivity contribution >= 4 is 0 Å². The molecule has 106 valence electrons. The van der Waals surface area contributed by atoms with Gasteiger partial charge in [0.05, 0.1) is 25.4 Å². The van der Waals surface area contributed by atoms with E-state index in [-0.39, 0.29) is 12.2 Å². The monoisotopic (exact) mass is 259 g/mol. The van der Waals surface area contributed by atoms with Gasteiger partial charge in [0.15, 0.2) is 0 Å². The number of methoxy groups -OCH3 is 1. The number of aliphatic hydroxyl groups excluding tert-OH is 1. The lowest BCUT2D eigenvalue weighted by Gasteiger charge is -2.42. The Morgan fingerprint density at radius 1 is 1.39 bits per heavy atom. The molecule has 2 aliphatic rings. The molecule has 2 heterocycles. The van der Waals surface area contributed by atoms with Crippen LogP contribution in [0.15, 0.2) is 0 Å². The third-order valence-corrected chi connectivity index (χ3v) is 4.02. The van der Waals surface area contributed by atoms with Gasteiger partial charge in [0, 0.05) is 45.9 Å². The van der Waals surface area contributed by atoms with Crippen molar-refractivity contribution in [1.82, 2.24) is 4.90 Å². The Kier molecular flexibility index (Phi) is 5.38. The largest absolute Gasteiger partial charge is 0.395 e. The maximum absolute atomic E-state index is 9.19. The Hall–Kier alpha value is -0.200. The first-order chi connectivity index (χ1) is 8.79. The van der Waals surface area contributed by atoms with Crippen LogP contribution in [0, 0.1) is 0 Å². The summed E-state index contributed by atoms with van der Waals surface area (Å²) in [5.41, 5.74) is -0.0658. The Labute approximate surface area is 109 Å². The van der Waals surface area contributed by atoms with Crippen molar-refractivity contribution in [2.75, 3.05) is 53.2 Å². The zero-order valence-corrected chi connectivity index (χ0v) is 11.3. The Morgan fingerprint density at radius 3 is 2.94 bits per heavy atom. The van der Waals surface area contributed by atoms with Crippen LogP contribution >= 0.6 is 0 Å². The average Bonchev–Trinajstić information content (AvgIpc) is 2.82. The molecule has 0 aromatic heterocycles. The van der Waals surface area contributed by atoms with Crippen LogP contribution in [-0.4, -0.2) is 74.9 Å². The third-order valence-electron chi connectivity index (χ3n) is 4.02. The second-order valence-corrected chi connectivity index (χ2v) is 5.23. The van der Waals surface area contributed by atoms with Gasteiger partial charge in [-0.25, -0.2) is 0 Å². The summed E-state index contributed by atoms with van der Waals surface area (Å²) in [4.78, 5) is 2.33. The molecule has 2 fully saturated rings. The summed E-state index contributed by atoms with van der Waals surface area (Å²) in [7, 11) is 1.72. The van der Waals surface area contributed by atoms with Gasteiger partial charge in [-0.1, -0.05) is 0 Å². The number of hydrogen-bond acceptors (Lipinski definition) is 5. The fourth-order valence-corrected chi connectivity index (χ4v) is 2.99. The van der Waals surface area contributed by atoms with Gasteiger partial charge in [0.1, 0.15) is 0 Å². The minimum Gasteiger partial charge on any atom is -0.395 e. The number of nitrogens with zero attached hydrogens (tertiary/aromatic N) is 1. The molecule has 1 spiro atoms. The van der Waals surface area contributed by atoms with Gasteiger partial charge >= 0.3 is 0 Å². The van der Waals surface area contributed by atoms with Gasteiger partial charge in [0.25, 0.3) is 0 Å². The van der Waals surface area contributed by atoms with E-state index in [1.807, 2.05) is 0 Å². The highest BCUT2D eigenvalue weighted by Crippen LogP contribution is 2.34. The van der Waals surface area contributed by atoms with E-state index < -0.39 is 0 Å². The molecule has 2 rings (SSSR count). The van der Waals surface area contributed by atoms with E-state index in [1.165, 1.54) is 0 Å². The zero-order valence-electron chi connectivity index (χ0n) is 11.3. The van der Waals surface area contributed by atoms with Gasteiger partial charge in [-0.15, -0.1) is 0 Å². The fourth-order valence-electron chi connectivity index (χ4n) is 2.99. The van der Waals surface area contributed by atoms with Gasteiger partial charge in [-0.05, 0) is 12.8 Å². The Balaban J connectivity index is 1.91. The molecule has 5 nitrogen and oxygen atoms in total. The summed E-state index contributed by atoms with van der Waals surface area (Å²) in [5.74, 6) is 0. The van der Waals surface area contributed by atoms with E-state index in [9.17, 15) is 5.11 Å². The molecule has 1 N–H and O–H groups in total. The highest BCUT2D eigenvalue weighted by Gasteiger charge is 2.42. The first-order valence-corrected chi connectivity index (χ1v) is 6.85. The third kappa shape index (κ3) is 3.42. The van der Waals surface area contributed by atoms with Gasteiger partial charge in [-0.2, -0.15) is 0 Å². The lowest BCUT2D eigenvalue weighted by atomic mass is 9.89. The van der Waals surface area contributed by atoms with Gasteiger partial charge in [0.2, 0.25) is 0 Å². The highest BCUT2D eigenvalue weighted by molar-refractivity contribution is 4.93. The molecule has 2 aliphatic heterocycles. The maximum atomic E-state index is 9.19. The van der Waals surface area contributed by atoms with E-state index in [4.69, 9.17) is 14.2 Å². The summed E-state index contributed by atoms with van der Waals surface area (Å²) in [5, 5.41) is 9.19. The normalized spacial score (nSPS) is 32.5. The lowest BCUT2D eigenvalue weighted by molar-refractivity contribution is -0.108. The van der Waals surface area contributed by atoms with Crippen molar-refractivity contribution in [3.63, 3.8) is 0 Å². The molecule has 0 saturated carbocycles. The number of aliphatic hydroxyl groups is 1. The highest BCUT2D eigenvalue weighted by atomic mass is 16.6. The van der Waals surface area contributed by atoms with Crippen molar-refractivity contribution in [3.8, 4) is 0 Å². The molecule has 5 heteroatoms. The molecular formula is C13H25NO4. The minimum absolute atomic E-state index is 0.0658. The predicted octanol–water partition coefficient (Wildman–Crippen LogP) is 0.265. The Morgan fingerprint density at radius 2 is 2.28 bits per heavy atom. The number of rotatable bonds is 6. The first-order valence-electron chi connectivity index (χ1n) is 6.85. The van der Waals surface area contributed by atoms with Crippen molar-refractivity contribution in [2.24, 2.45) is 0 Å². The van der Waals surface area contributed by atoms with Crippen LogP contribution in [0.4, 0.5) is 0 Å². The molecule has 2 unspecified atom stereocenters. The smallest absolute Gasteiger partial charge is 0.0951 e. The van der Waals surface area contributed by atoms with Crippen LogP contribution in [0.1, 0.15) is 19.3 Å². The van der Waals surface area contributed by atoms with Crippen LogP contribution in [-0.2, 0) is 14.2 Å². The molecule has 18 heavy (non-hydrogen) atoms. The fraction of sp³-hybridized carbons (Fsp3) is 1.00. The molecule has 0 aliphatic carbocycles. The second kappa shape index (κ2) is 6.82. The zero-order chi connectivity index (χ0) is 12.8. The Bertz CT molecular complexity index is 243. The number of ether oxygens (including phenoxy) is 3. The standard InChI is InChI=1S/C13H25NO4/c1-16-9-5-14(4-6-15)12-2-7-18-13(10-12)3-8-17-11-13/h12,15H,2-11H2,1H3. The summed E-state index contributed by atoms with van der Waals surface area (Å²) in [6, 6.07) is 0.475. The van der Waals surface area contributed by atoms with Crippen molar-refractivity contribution in [3.05, 3.63) is 0 Å². The van der Waals surface area contributed by atoms with Crippen molar-refractivity contribution in [1.29, 1.82) is 0 Å². The van der Waals surface area contributed by atoms with Crippen LogP contribution in [0.5, 0.6) is 0 Å². The van der Waals surface area contributed by atoms with Gasteiger partial charge in [-0.3, -0.25) is 4.90 Å². The topological polar surface area (TPSA) is 51.2 Å². The van der Waals surface area contributed by atoms with E-state index in [0.29, 0.717) is 19.2 Å². The summed E-state index contributed by atoms with van der Waals surface area (Å²) in [6.07, 6.45) is 3.04. The molecule has 0 aromatic rings. The van der Waals surface area contributed by atoms with E-state index >= 15 is 0 Å². The molecule has 0 aromatic carbocycles. The SMILES string of the molecule is COCCN(CCO)C1CCOC2(CCOC2)C1. The van der Waals surface area contributed by atoms with E-state index in [0.717, 1.165) is 45.6 Å². The summed E-state index contributed by atoms with van der Waals surface area (Å²) in [6.45, 7) is 4.82. The summed E-state index contributed by atoms with van der Waals surface area (Å²) < 4.78 is 16.6. The average molecular weight is 259 g/mol. The van der Waals surface area contributed by atoms with E-state index in [1.54, 1.807) is 7.11 Å². The molecule has 0 radical (unpaired) electrons. The molecule has 2 saturated heterocycles. The molecule has 0 amide bonds. The van der Waals surface area contributed by atoms with Crippen LogP contribution < -0.4 is 0 Å². The van der Waals surface area contributed by atoms with Crippen molar-refractivity contribution in [2.45, 2.75) is 30.9 Å². The minimum atomic E-state index is -0.0658. The molecule has 0 bridgehead atoms. The predicted molar refractivity (Wildman–Crippen MR) is 67.7 cm³/mol. The van der Waals surface area contributed by atoms with Crippen LogP contribution in [0.25, 0.3) is 0 Å². The molecular weight excluding hydrogens is 234 g/mol. The second-order valence-electron chi connectivity index (χ2n) is 5.23. The maximum Gasteiger partial charge on any atom is 0.0951 e. The van der Waals surface area contributed by atoms with Crippen LogP contribution in [0.3, 0.4) is 0 Å². The van der Waals surface area contributed by atoms with Crippen molar-refractivity contribution < 1.29 is 19.3 Å². The van der Waals surface area contributed by atoms with E-state index in [2.05, 4.69) is 4.90 Å². The quantitative estimate of drug-likeness (QED) is 0.742. The number of hydrogen-bond donors (Lipinski definition) is 1. The summed E-state index contributed by atoms with van der Waals surface area (Å²) >= 11 is 0. The van der Waals surface area contributed by atoms with Crippen LogP contribution in [0.2, 0.25) is 0 Å². The first kappa shape index (κ1) is 14.2. The lowest BCUT2D eigenvalue weighted by Crippen LogP contribution is -2.50. The van der Waals surface area contributed by atoms with Gasteiger partial charge < -0.3 is 19.3 Å². The molecule has 2 atom stereocenters.